The molecular weight excluding hydrogens is 390 g/mol. The number of piperidine rings is 1. The second-order valence-corrected chi connectivity index (χ2v) is 7.34. The van der Waals surface area contributed by atoms with Gasteiger partial charge in [0.25, 0.3) is 11.8 Å². The summed E-state index contributed by atoms with van der Waals surface area (Å²) in [5.74, 6) is -0.667. The van der Waals surface area contributed by atoms with Gasteiger partial charge >= 0.3 is 0 Å². The molecule has 0 radical (unpaired) electrons. The highest BCUT2D eigenvalue weighted by Crippen LogP contribution is 2.20. The lowest BCUT2D eigenvalue weighted by Gasteiger charge is -2.27. The van der Waals surface area contributed by atoms with Crippen LogP contribution in [-0.2, 0) is 4.79 Å². The highest BCUT2D eigenvalue weighted by Gasteiger charge is 2.21. The molecule has 6 nitrogen and oxygen atoms in total. The van der Waals surface area contributed by atoms with Crippen molar-refractivity contribution in [1.29, 1.82) is 0 Å². The summed E-state index contributed by atoms with van der Waals surface area (Å²) in [6.07, 6.45) is 3.24. The molecule has 0 spiro atoms. The second kappa shape index (κ2) is 10.1. The molecule has 2 aromatic rings. The molecule has 0 atom stereocenters. The molecule has 7 heteroatoms. The molecule has 152 valence electrons. The Morgan fingerprint density at radius 1 is 0.897 bits per heavy atom. The first kappa shape index (κ1) is 20.9. The molecule has 2 aromatic carbocycles. The van der Waals surface area contributed by atoms with Gasteiger partial charge in [-0.15, -0.1) is 0 Å². The molecule has 1 heterocycles. The number of carbonyl (C=O) groups excluding carboxylic acids is 3. The van der Waals surface area contributed by atoms with Gasteiger partial charge in [0.1, 0.15) is 0 Å². The van der Waals surface area contributed by atoms with Crippen molar-refractivity contribution in [3.63, 3.8) is 0 Å². The van der Waals surface area contributed by atoms with Crippen LogP contribution in [0.5, 0.6) is 0 Å². The van der Waals surface area contributed by atoms with E-state index in [4.69, 9.17) is 11.6 Å². The number of nitrogens with zero attached hydrogens (tertiary/aromatic N) is 1. The normalized spacial score (nSPS) is 13.6. The number of carbonyl (C=O) groups is 3. The second-order valence-electron chi connectivity index (χ2n) is 6.93. The van der Waals surface area contributed by atoms with Gasteiger partial charge in [0.05, 0.1) is 21.8 Å². The van der Waals surface area contributed by atoms with E-state index in [1.807, 2.05) is 4.90 Å². The number of anilines is 1. The smallest absolute Gasteiger partial charge is 0.255 e. The fourth-order valence-electron chi connectivity index (χ4n) is 3.29. The van der Waals surface area contributed by atoms with Crippen LogP contribution in [0.2, 0.25) is 5.02 Å². The quantitative estimate of drug-likeness (QED) is 0.757. The number of nitrogens with one attached hydrogen (secondary N) is 2. The van der Waals surface area contributed by atoms with Crippen LogP contribution in [0.4, 0.5) is 5.69 Å². The Bertz CT molecular complexity index is 894. The minimum Gasteiger partial charge on any atom is -0.351 e. The highest BCUT2D eigenvalue weighted by molar-refractivity contribution is 6.33. The summed E-state index contributed by atoms with van der Waals surface area (Å²) in [4.78, 5) is 39.1. The van der Waals surface area contributed by atoms with Crippen LogP contribution in [0.3, 0.4) is 0 Å². The van der Waals surface area contributed by atoms with Crippen LogP contribution in [0.25, 0.3) is 0 Å². The monoisotopic (exact) mass is 413 g/mol. The van der Waals surface area contributed by atoms with Crippen LogP contribution in [-0.4, -0.2) is 42.3 Å². The third-order valence-corrected chi connectivity index (χ3v) is 5.16. The zero-order valence-electron chi connectivity index (χ0n) is 16.1. The summed E-state index contributed by atoms with van der Waals surface area (Å²) in [6, 6.07) is 13.8. The Balaban J connectivity index is 1.55. The van der Waals surface area contributed by atoms with E-state index in [-0.39, 0.29) is 30.7 Å². The molecule has 0 bridgehead atoms. The summed E-state index contributed by atoms with van der Waals surface area (Å²) in [5, 5.41) is 5.84. The van der Waals surface area contributed by atoms with Crippen molar-refractivity contribution in [2.45, 2.75) is 25.7 Å². The summed E-state index contributed by atoms with van der Waals surface area (Å²) < 4.78 is 0. The predicted molar refractivity (Wildman–Crippen MR) is 113 cm³/mol. The van der Waals surface area contributed by atoms with Crippen molar-refractivity contribution >= 4 is 35.0 Å². The maximum absolute atomic E-state index is 12.8. The average molecular weight is 414 g/mol. The van der Waals surface area contributed by atoms with E-state index in [1.54, 1.807) is 48.5 Å². The molecular formula is C22H24ClN3O3. The van der Waals surface area contributed by atoms with Gasteiger partial charge in [-0.2, -0.15) is 0 Å². The van der Waals surface area contributed by atoms with Gasteiger partial charge in [0, 0.05) is 26.1 Å². The van der Waals surface area contributed by atoms with Gasteiger partial charge in [-0.3, -0.25) is 14.4 Å². The average Bonchev–Trinajstić information content (AvgIpc) is 2.74. The lowest BCUT2D eigenvalue weighted by molar-refractivity contribution is -0.116. The van der Waals surface area contributed by atoms with Gasteiger partial charge in [0.15, 0.2) is 0 Å². The Labute approximate surface area is 175 Å². The van der Waals surface area contributed by atoms with Crippen molar-refractivity contribution < 1.29 is 14.4 Å². The summed E-state index contributed by atoms with van der Waals surface area (Å²) in [5.41, 5.74) is 1.35. The number of benzene rings is 2. The molecule has 1 aliphatic rings. The zero-order chi connectivity index (χ0) is 20.6. The molecule has 0 aliphatic carbocycles. The molecule has 0 unspecified atom stereocenters. The van der Waals surface area contributed by atoms with Gasteiger partial charge < -0.3 is 15.5 Å². The van der Waals surface area contributed by atoms with Crippen LogP contribution >= 0.6 is 11.6 Å². The highest BCUT2D eigenvalue weighted by atomic mass is 35.5. The van der Waals surface area contributed by atoms with Crippen LogP contribution in [0, 0.1) is 0 Å². The van der Waals surface area contributed by atoms with Gasteiger partial charge in [-0.25, -0.2) is 0 Å². The van der Waals surface area contributed by atoms with Crippen molar-refractivity contribution in [2.24, 2.45) is 0 Å². The number of halogens is 1. The minimum absolute atomic E-state index is 0.0624. The molecule has 1 fully saturated rings. The van der Waals surface area contributed by atoms with E-state index in [0.717, 1.165) is 32.4 Å². The Kier molecular flexibility index (Phi) is 7.25. The number of para-hydroxylation sites is 1. The van der Waals surface area contributed by atoms with Crippen molar-refractivity contribution in [3.8, 4) is 0 Å². The zero-order valence-corrected chi connectivity index (χ0v) is 16.9. The molecule has 1 saturated heterocycles. The molecule has 1 aliphatic heterocycles. The lowest BCUT2D eigenvalue weighted by Crippen LogP contribution is -2.36. The largest absolute Gasteiger partial charge is 0.351 e. The standard InChI is InChI=1S/C22H24ClN3O3/c23-18-10-4-2-8-16(18)21(28)24-13-12-20(27)25-19-11-5-3-9-17(19)22(29)26-14-6-1-7-15-26/h2-5,8-11H,1,6-7,12-15H2,(H,24,28)(H,25,27). The van der Waals surface area contributed by atoms with E-state index in [2.05, 4.69) is 10.6 Å². The summed E-state index contributed by atoms with van der Waals surface area (Å²) in [7, 11) is 0. The van der Waals surface area contributed by atoms with Gasteiger partial charge in [-0.1, -0.05) is 35.9 Å². The van der Waals surface area contributed by atoms with E-state index in [1.165, 1.54) is 0 Å². The number of amides is 3. The maximum atomic E-state index is 12.8. The third-order valence-electron chi connectivity index (χ3n) is 4.83. The van der Waals surface area contributed by atoms with Gasteiger partial charge in [-0.05, 0) is 43.5 Å². The minimum atomic E-state index is -0.330. The topological polar surface area (TPSA) is 78.5 Å². The van der Waals surface area contributed by atoms with Gasteiger partial charge in [0.2, 0.25) is 5.91 Å². The third kappa shape index (κ3) is 5.57. The van der Waals surface area contributed by atoms with Crippen LogP contribution in [0.1, 0.15) is 46.4 Å². The SMILES string of the molecule is O=C(CCNC(=O)c1ccccc1Cl)Nc1ccccc1C(=O)N1CCCCC1. The molecule has 0 saturated carbocycles. The van der Waals surface area contributed by atoms with Crippen molar-refractivity contribution in [3.05, 3.63) is 64.7 Å². The predicted octanol–water partition coefficient (Wildman–Crippen LogP) is 3.72. The lowest BCUT2D eigenvalue weighted by atomic mass is 10.1. The molecule has 0 aromatic heterocycles. The van der Waals surface area contributed by atoms with E-state index in [9.17, 15) is 14.4 Å². The maximum Gasteiger partial charge on any atom is 0.255 e. The number of rotatable bonds is 6. The fourth-order valence-corrected chi connectivity index (χ4v) is 3.51. The molecule has 29 heavy (non-hydrogen) atoms. The Hall–Kier alpha value is -2.86. The van der Waals surface area contributed by atoms with Crippen molar-refractivity contribution in [2.75, 3.05) is 25.0 Å². The first-order chi connectivity index (χ1) is 14.1. The molecule has 2 N–H and O–H groups in total. The fraction of sp³-hybridized carbons (Fsp3) is 0.318. The first-order valence-electron chi connectivity index (χ1n) is 9.77. The number of likely N-dealkylation sites (tertiary alicyclic amines) is 1. The summed E-state index contributed by atoms with van der Waals surface area (Å²) in [6.45, 7) is 1.66. The number of hydrogen-bond acceptors (Lipinski definition) is 3. The Morgan fingerprint density at radius 3 is 2.28 bits per heavy atom. The van der Waals surface area contributed by atoms with E-state index < -0.39 is 0 Å². The Morgan fingerprint density at radius 2 is 1.55 bits per heavy atom. The van der Waals surface area contributed by atoms with E-state index in [0.29, 0.717) is 21.8 Å². The van der Waals surface area contributed by atoms with Crippen molar-refractivity contribution in [1.82, 2.24) is 10.2 Å². The summed E-state index contributed by atoms with van der Waals surface area (Å²) >= 11 is 6.00. The number of hydrogen-bond donors (Lipinski definition) is 2. The molecule has 3 amide bonds. The van der Waals surface area contributed by atoms with E-state index >= 15 is 0 Å². The van der Waals surface area contributed by atoms with Crippen LogP contribution < -0.4 is 10.6 Å². The molecule has 3 rings (SSSR count). The van der Waals surface area contributed by atoms with Crippen LogP contribution in [0.15, 0.2) is 48.5 Å². The first-order valence-corrected chi connectivity index (χ1v) is 10.1.